The van der Waals surface area contributed by atoms with Crippen LogP contribution in [0.5, 0.6) is 5.75 Å². The molecule has 2 N–H and O–H groups in total. The summed E-state index contributed by atoms with van der Waals surface area (Å²) in [6.45, 7) is 4.68. The van der Waals surface area contributed by atoms with Crippen LogP contribution in [-0.4, -0.2) is 31.1 Å². The first-order valence-corrected chi connectivity index (χ1v) is 7.43. The normalized spacial score (nSPS) is 16.8. The fraction of sp³-hybridized carbons (Fsp3) is 0.571. The van der Waals surface area contributed by atoms with Crippen molar-refractivity contribution in [2.45, 2.75) is 25.8 Å². The number of ether oxygens (including phenoxy) is 1. The Morgan fingerprint density at radius 3 is 2.72 bits per heavy atom. The first kappa shape index (κ1) is 13.8. The number of hydrogen-bond acceptors (Lipinski definition) is 3. The van der Waals surface area contributed by atoms with Gasteiger partial charge in [-0.05, 0) is 38.1 Å². The molecule has 0 aliphatic carbocycles. The maximum atomic E-state index is 5.86. The van der Waals surface area contributed by atoms with E-state index in [0.717, 1.165) is 28.9 Å². The molecule has 2 rings (SSSR count). The molecule has 1 aliphatic rings. The fourth-order valence-corrected chi connectivity index (χ4v) is 2.85. The van der Waals surface area contributed by atoms with Crippen molar-refractivity contribution in [1.29, 1.82) is 0 Å². The summed E-state index contributed by atoms with van der Waals surface area (Å²) in [5, 5.41) is 0. The van der Waals surface area contributed by atoms with Gasteiger partial charge in [-0.15, -0.1) is 0 Å². The van der Waals surface area contributed by atoms with Crippen LogP contribution in [0.15, 0.2) is 22.7 Å². The molecule has 0 spiro atoms. The molecule has 0 bridgehead atoms. The van der Waals surface area contributed by atoms with Gasteiger partial charge >= 0.3 is 0 Å². The first-order valence-electron chi connectivity index (χ1n) is 6.64. The van der Waals surface area contributed by atoms with Crippen molar-refractivity contribution >= 4 is 15.9 Å². The lowest BCUT2D eigenvalue weighted by Crippen LogP contribution is -2.33. The van der Waals surface area contributed by atoms with Gasteiger partial charge in [0.15, 0.2) is 0 Å². The minimum Gasteiger partial charge on any atom is -0.492 e. The van der Waals surface area contributed by atoms with Gasteiger partial charge in [-0.1, -0.05) is 28.4 Å². The van der Waals surface area contributed by atoms with Gasteiger partial charge in [0.05, 0.1) is 0 Å². The maximum absolute atomic E-state index is 5.86. The van der Waals surface area contributed by atoms with Crippen molar-refractivity contribution in [3.8, 4) is 5.75 Å². The Balaban J connectivity index is 1.84. The number of nitrogens with zero attached hydrogens (tertiary/aromatic N) is 1. The van der Waals surface area contributed by atoms with Crippen LogP contribution in [0, 0.1) is 0 Å². The van der Waals surface area contributed by atoms with E-state index in [1.807, 2.05) is 18.2 Å². The van der Waals surface area contributed by atoms with Crippen molar-refractivity contribution < 1.29 is 4.74 Å². The highest BCUT2D eigenvalue weighted by molar-refractivity contribution is 9.10. The van der Waals surface area contributed by atoms with Crippen molar-refractivity contribution in [2.24, 2.45) is 5.73 Å². The quantitative estimate of drug-likeness (QED) is 0.908. The second kappa shape index (κ2) is 7.12. The number of likely N-dealkylation sites (tertiary alicyclic amines) is 1. The lowest BCUT2D eigenvalue weighted by Gasteiger charge is -2.26. The van der Waals surface area contributed by atoms with Gasteiger partial charge in [-0.3, -0.25) is 4.90 Å². The summed E-state index contributed by atoms with van der Waals surface area (Å²) in [6.07, 6.45) is 4.02. The van der Waals surface area contributed by atoms with Crippen molar-refractivity contribution in [1.82, 2.24) is 4.90 Å². The molecule has 0 radical (unpaired) electrons. The summed E-state index contributed by atoms with van der Waals surface area (Å²) in [7, 11) is 0. The van der Waals surface area contributed by atoms with Gasteiger partial charge in [0, 0.05) is 23.1 Å². The number of nitrogens with two attached hydrogens (primary N) is 1. The maximum Gasteiger partial charge on any atom is 0.124 e. The van der Waals surface area contributed by atoms with Gasteiger partial charge in [0.2, 0.25) is 0 Å². The van der Waals surface area contributed by atoms with E-state index in [9.17, 15) is 0 Å². The summed E-state index contributed by atoms with van der Waals surface area (Å²) in [4.78, 5) is 2.48. The monoisotopic (exact) mass is 312 g/mol. The zero-order valence-corrected chi connectivity index (χ0v) is 12.3. The van der Waals surface area contributed by atoms with Gasteiger partial charge in [0.25, 0.3) is 0 Å². The third-order valence-corrected chi connectivity index (χ3v) is 4.14. The van der Waals surface area contributed by atoms with E-state index in [0.29, 0.717) is 6.54 Å². The van der Waals surface area contributed by atoms with Gasteiger partial charge in [-0.2, -0.15) is 0 Å². The molecule has 1 aliphatic heterocycles. The van der Waals surface area contributed by atoms with Gasteiger partial charge in [-0.25, -0.2) is 0 Å². The minimum absolute atomic E-state index is 0.500. The molecule has 1 fully saturated rings. The smallest absolute Gasteiger partial charge is 0.124 e. The second-order valence-electron chi connectivity index (χ2n) is 4.67. The third kappa shape index (κ3) is 3.70. The summed E-state index contributed by atoms with van der Waals surface area (Å²) in [5.74, 6) is 0.906. The Morgan fingerprint density at radius 1 is 1.22 bits per heavy atom. The molecule has 1 aromatic carbocycles. The van der Waals surface area contributed by atoms with E-state index in [4.69, 9.17) is 10.5 Å². The van der Waals surface area contributed by atoms with Crippen LogP contribution in [0.4, 0.5) is 0 Å². The Morgan fingerprint density at radius 2 is 2.00 bits per heavy atom. The molecule has 1 aromatic rings. The lowest BCUT2D eigenvalue weighted by molar-refractivity contribution is 0.182. The summed E-state index contributed by atoms with van der Waals surface area (Å²) in [5.41, 5.74) is 6.80. The summed E-state index contributed by atoms with van der Waals surface area (Å²) >= 11 is 3.51. The summed E-state index contributed by atoms with van der Waals surface area (Å²) in [6, 6.07) is 5.97. The average Bonchev–Trinajstić information content (AvgIpc) is 2.40. The molecule has 0 saturated carbocycles. The Bertz CT molecular complexity index is 378. The Hall–Kier alpha value is -0.580. The summed E-state index contributed by atoms with van der Waals surface area (Å²) < 4.78 is 6.89. The zero-order valence-electron chi connectivity index (χ0n) is 10.7. The second-order valence-corrected chi connectivity index (χ2v) is 5.53. The van der Waals surface area contributed by atoms with Crippen LogP contribution < -0.4 is 10.5 Å². The molecular weight excluding hydrogens is 292 g/mol. The Kier molecular flexibility index (Phi) is 5.47. The highest BCUT2D eigenvalue weighted by Gasteiger charge is 2.10. The standard InChI is InChI=1S/C14H21BrN2O/c15-13-5-4-6-14(12(13)11-16)18-10-9-17-7-2-1-3-8-17/h4-6H,1-3,7-11,16H2. The number of halogens is 1. The van der Waals surface area contributed by atoms with Crippen molar-refractivity contribution in [3.63, 3.8) is 0 Å². The number of benzene rings is 1. The average molecular weight is 313 g/mol. The van der Waals surface area contributed by atoms with E-state index in [-0.39, 0.29) is 0 Å². The predicted octanol–water partition coefficient (Wildman–Crippen LogP) is 2.77. The van der Waals surface area contributed by atoms with Gasteiger partial charge < -0.3 is 10.5 Å². The van der Waals surface area contributed by atoms with E-state index in [1.54, 1.807) is 0 Å². The van der Waals surface area contributed by atoms with Crippen LogP contribution >= 0.6 is 15.9 Å². The van der Waals surface area contributed by atoms with E-state index in [2.05, 4.69) is 20.8 Å². The SMILES string of the molecule is NCc1c(Br)cccc1OCCN1CCCCC1. The van der Waals surface area contributed by atoms with Gasteiger partial charge in [0.1, 0.15) is 12.4 Å². The molecule has 100 valence electrons. The third-order valence-electron chi connectivity index (χ3n) is 3.39. The number of hydrogen-bond donors (Lipinski definition) is 1. The van der Waals surface area contributed by atoms with Crippen molar-refractivity contribution in [3.05, 3.63) is 28.2 Å². The van der Waals surface area contributed by atoms with Crippen LogP contribution in [0.1, 0.15) is 24.8 Å². The molecule has 0 aromatic heterocycles. The first-order chi connectivity index (χ1) is 8.81. The number of piperidine rings is 1. The molecule has 0 amide bonds. The van der Waals surface area contributed by atoms with E-state index in [1.165, 1.54) is 32.4 Å². The molecule has 1 heterocycles. The van der Waals surface area contributed by atoms with E-state index < -0.39 is 0 Å². The molecular formula is C14H21BrN2O. The van der Waals surface area contributed by atoms with Crippen LogP contribution in [0.3, 0.4) is 0 Å². The lowest BCUT2D eigenvalue weighted by atomic mass is 10.1. The molecule has 0 unspecified atom stereocenters. The van der Waals surface area contributed by atoms with E-state index >= 15 is 0 Å². The van der Waals surface area contributed by atoms with Crippen LogP contribution in [-0.2, 0) is 6.54 Å². The molecule has 3 nitrogen and oxygen atoms in total. The fourth-order valence-electron chi connectivity index (χ4n) is 2.34. The Labute approximate surface area is 117 Å². The highest BCUT2D eigenvalue weighted by atomic mass is 79.9. The minimum atomic E-state index is 0.500. The number of rotatable bonds is 5. The topological polar surface area (TPSA) is 38.5 Å². The van der Waals surface area contributed by atoms with Crippen LogP contribution in [0.2, 0.25) is 0 Å². The molecule has 18 heavy (non-hydrogen) atoms. The predicted molar refractivity (Wildman–Crippen MR) is 77.8 cm³/mol. The molecule has 0 atom stereocenters. The molecule has 1 saturated heterocycles. The van der Waals surface area contributed by atoms with Crippen LogP contribution in [0.25, 0.3) is 0 Å². The van der Waals surface area contributed by atoms with Crippen molar-refractivity contribution in [2.75, 3.05) is 26.2 Å². The zero-order chi connectivity index (χ0) is 12.8. The largest absolute Gasteiger partial charge is 0.492 e. The molecule has 4 heteroatoms. The highest BCUT2D eigenvalue weighted by Crippen LogP contribution is 2.26.